The van der Waals surface area contributed by atoms with Crippen molar-refractivity contribution in [2.75, 3.05) is 52.9 Å². The highest BCUT2D eigenvalue weighted by Gasteiger charge is 2.15. The van der Waals surface area contributed by atoms with Crippen molar-refractivity contribution >= 4 is 5.91 Å². The molecule has 0 bridgehead atoms. The highest BCUT2D eigenvalue weighted by molar-refractivity contribution is 5.78. The van der Waals surface area contributed by atoms with Gasteiger partial charge in [0, 0.05) is 57.7 Å². The minimum Gasteiger partial charge on any atom is -0.492 e. The number of nitrogens with zero attached hydrogens (tertiary/aromatic N) is 4. The minimum atomic E-state index is -0.421. The fourth-order valence-corrected chi connectivity index (χ4v) is 4.86. The summed E-state index contributed by atoms with van der Waals surface area (Å²) in [6.45, 7) is 6.26. The average Bonchev–Trinajstić information content (AvgIpc) is 2.87. The molecule has 8 heteroatoms. The van der Waals surface area contributed by atoms with Crippen molar-refractivity contribution in [2.24, 2.45) is 5.92 Å². The zero-order valence-corrected chi connectivity index (χ0v) is 20.8. The summed E-state index contributed by atoms with van der Waals surface area (Å²) in [7, 11) is 2.13. The lowest BCUT2D eigenvalue weighted by Gasteiger charge is -2.32. The molecule has 7 nitrogen and oxygen atoms in total. The van der Waals surface area contributed by atoms with Crippen molar-refractivity contribution in [1.29, 1.82) is 0 Å². The van der Waals surface area contributed by atoms with Crippen molar-refractivity contribution in [3.8, 4) is 17.1 Å². The van der Waals surface area contributed by atoms with Crippen LogP contribution in [0.3, 0.4) is 0 Å². The highest BCUT2D eigenvalue weighted by Crippen LogP contribution is 2.26. The summed E-state index contributed by atoms with van der Waals surface area (Å²) in [5.74, 6) is 1.10. The summed E-state index contributed by atoms with van der Waals surface area (Å²) in [5, 5.41) is 3.01. The zero-order chi connectivity index (χ0) is 24.5. The van der Waals surface area contributed by atoms with Crippen LogP contribution in [0.5, 0.6) is 5.75 Å². The van der Waals surface area contributed by atoms with Gasteiger partial charge in [0.1, 0.15) is 18.2 Å². The van der Waals surface area contributed by atoms with E-state index in [9.17, 15) is 9.18 Å². The Hall–Kier alpha value is -2.58. The maximum atomic E-state index is 14.7. The van der Waals surface area contributed by atoms with Gasteiger partial charge in [0.2, 0.25) is 5.91 Å². The molecule has 2 aliphatic rings. The van der Waals surface area contributed by atoms with Crippen LogP contribution in [0.25, 0.3) is 11.4 Å². The molecular formula is C27H38FN5O2. The topological polar surface area (TPSA) is 70.6 Å². The van der Waals surface area contributed by atoms with Gasteiger partial charge in [0.15, 0.2) is 5.82 Å². The summed E-state index contributed by atoms with van der Waals surface area (Å²) in [4.78, 5) is 25.5. The molecule has 1 amide bonds. The standard InChI is InChI=1S/C27H38FN5O2/c1-32-11-13-33(14-12-32)15-16-35-23-7-8-24(25(28)18-23)27-30-19-22(20-31-27)17-26(34)29-10-9-21-5-3-2-4-6-21/h7-8,18-21H,2-6,9-17H2,1H3,(H,29,34). The van der Waals surface area contributed by atoms with Gasteiger partial charge in [-0.3, -0.25) is 9.69 Å². The number of halogens is 1. The van der Waals surface area contributed by atoms with Crippen LogP contribution in [-0.2, 0) is 11.2 Å². The molecule has 1 N–H and O–H groups in total. The van der Waals surface area contributed by atoms with Crippen LogP contribution in [0, 0.1) is 11.7 Å². The number of nitrogens with one attached hydrogen (secondary N) is 1. The highest BCUT2D eigenvalue weighted by atomic mass is 19.1. The predicted octanol–water partition coefficient (Wildman–Crippen LogP) is 3.54. The first-order chi connectivity index (χ1) is 17.1. The van der Waals surface area contributed by atoms with Gasteiger partial charge in [0.05, 0.1) is 12.0 Å². The smallest absolute Gasteiger partial charge is 0.224 e. The van der Waals surface area contributed by atoms with Crippen LogP contribution in [0.2, 0.25) is 0 Å². The normalized spacial score (nSPS) is 17.9. The molecule has 190 valence electrons. The van der Waals surface area contributed by atoms with Crippen LogP contribution < -0.4 is 10.1 Å². The molecule has 35 heavy (non-hydrogen) atoms. The Balaban J connectivity index is 1.21. The third-order valence-corrected chi connectivity index (χ3v) is 7.12. The summed E-state index contributed by atoms with van der Waals surface area (Å²) < 4.78 is 20.5. The largest absolute Gasteiger partial charge is 0.492 e. The summed E-state index contributed by atoms with van der Waals surface area (Å²) >= 11 is 0. The summed E-state index contributed by atoms with van der Waals surface area (Å²) in [6, 6.07) is 4.78. The average molecular weight is 484 g/mol. The van der Waals surface area contributed by atoms with Crippen LogP contribution in [0.4, 0.5) is 4.39 Å². The SMILES string of the molecule is CN1CCN(CCOc2ccc(-c3ncc(CC(=O)NCCC4CCCCC4)cn3)c(F)c2)CC1. The molecule has 1 saturated carbocycles. The minimum absolute atomic E-state index is 0.0265. The number of rotatable bonds is 10. The molecular weight excluding hydrogens is 445 g/mol. The molecule has 1 aromatic heterocycles. The second-order valence-corrected chi connectivity index (χ2v) is 9.87. The van der Waals surface area contributed by atoms with Gasteiger partial charge in [-0.05, 0) is 37.1 Å². The number of piperazine rings is 1. The van der Waals surface area contributed by atoms with E-state index in [1.165, 1.54) is 38.2 Å². The monoisotopic (exact) mass is 483 g/mol. The Labute approximate surface area is 208 Å². The van der Waals surface area contributed by atoms with E-state index in [0.29, 0.717) is 29.3 Å². The third kappa shape index (κ3) is 7.97. The van der Waals surface area contributed by atoms with Gasteiger partial charge in [-0.2, -0.15) is 0 Å². The van der Waals surface area contributed by atoms with Crippen LogP contribution >= 0.6 is 0 Å². The Morgan fingerprint density at radius 3 is 2.57 bits per heavy atom. The number of carbonyl (C=O) groups excluding carboxylic acids is 1. The predicted molar refractivity (Wildman–Crippen MR) is 135 cm³/mol. The molecule has 2 heterocycles. The van der Waals surface area contributed by atoms with Crippen molar-refractivity contribution < 1.29 is 13.9 Å². The molecule has 4 rings (SSSR count). The van der Waals surface area contributed by atoms with Crippen LogP contribution in [-0.4, -0.2) is 78.6 Å². The van der Waals surface area contributed by atoms with E-state index in [2.05, 4.69) is 32.1 Å². The van der Waals surface area contributed by atoms with E-state index in [0.717, 1.165) is 51.6 Å². The molecule has 1 aliphatic heterocycles. The van der Waals surface area contributed by atoms with E-state index in [1.807, 2.05) is 0 Å². The maximum Gasteiger partial charge on any atom is 0.224 e. The Kier molecular flexibility index (Phi) is 9.42. The van der Waals surface area contributed by atoms with E-state index in [1.54, 1.807) is 24.5 Å². The molecule has 2 aromatic rings. The molecule has 2 fully saturated rings. The number of amides is 1. The second-order valence-electron chi connectivity index (χ2n) is 9.87. The van der Waals surface area contributed by atoms with E-state index in [-0.39, 0.29) is 12.3 Å². The maximum absolute atomic E-state index is 14.7. The van der Waals surface area contributed by atoms with Crippen molar-refractivity contribution in [2.45, 2.75) is 44.9 Å². The number of aromatic nitrogens is 2. The van der Waals surface area contributed by atoms with Gasteiger partial charge in [0.25, 0.3) is 0 Å². The van der Waals surface area contributed by atoms with Crippen LogP contribution in [0.1, 0.15) is 44.1 Å². The van der Waals surface area contributed by atoms with Gasteiger partial charge >= 0.3 is 0 Å². The van der Waals surface area contributed by atoms with Gasteiger partial charge < -0.3 is 15.0 Å². The lowest BCUT2D eigenvalue weighted by atomic mass is 9.87. The zero-order valence-electron chi connectivity index (χ0n) is 20.8. The molecule has 0 radical (unpaired) electrons. The fraction of sp³-hybridized carbons (Fsp3) is 0.593. The Morgan fingerprint density at radius 1 is 1.11 bits per heavy atom. The van der Waals surface area contributed by atoms with Gasteiger partial charge in [-0.25, -0.2) is 14.4 Å². The van der Waals surface area contributed by atoms with Gasteiger partial charge in [-0.1, -0.05) is 32.1 Å². The Morgan fingerprint density at radius 2 is 1.86 bits per heavy atom. The number of hydrogen-bond acceptors (Lipinski definition) is 6. The van der Waals surface area contributed by atoms with E-state index in [4.69, 9.17) is 4.74 Å². The fourth-order valence-electron chi connectivity index (χ4n) is 4.86. The van der Waals surface area contributed by atoms with Crippen molar-refractivity contribution in [1.82, 2.24) is 25.1 Å². The number of hydrogen-bond donors (Lipinski definition) is 1. The third-order valence-electron chi connectivity index (χ3n) is 7.12. The Bertz CT molecular complexity index is 941. The first-order valence-electron chi connectivity index (χ1n) is 13.0. The molecule has 0 atom stereocenters. The molecule has 1 aromatic carbocycles. The summed E-state index contributed by atoms with van der Waals surface area (Å²) in [5.41, 5.74) is 1.04. The number of carbonyl (C=O) groups is 1. The van der Waals surface area contributed by atoms with Crippen LogP contribution in [0.15, 0.2) is 30.6 Å². The van der Waals surface area contributed by atoms with E-state index >= 15 is 0 Å². The second kappa shape index (κ2) is 12.9. The molecule has 0 unspecified atom stereocenters. The van der Waals surface area contributed by atoms with E-state index < -0.39 is 5.82 Å². The lowest BCUT2D eigenvalue weighted by molar-refractivity contribution is -0.120. The van der Waals surface area contributed by atoms with Crippen molar-refractivity contribution in [3.63, 3.8) is 0 Å². The molecule has 1 saturated heterocycles. The first-order valence-corrected chi connectivity index (χ1v) is 13.0. The number of likely N-dealkylation sites (N-methyl/N-ethyl adjacent to an activating group) is 1. The first kappa shape index (κ1) is 25.5. The molecule has 1 aliphatic carbocycles. The summed E-state index contributed by atoms with van der Waals surface area (Å²) in [6.07, 6.45) is 11.0. The van der Waals surface area contributed by atoms with Crippen molar-refractivity contribution in [3.05, 3.63) is 42.0 Å². The quantitative estimate of drug-likeness (QED) is 0.558. The number of benzene rings is 1. The lowest BCUT2D eigenvalue weighted by Crippen LogP contribution is -2.45. The van der Waals surface area contributed by atoms with Gasteiger partial charge in [-0.15, -0.1) is 0 Å². The number of ether oxygens (including phenoxy) is 1. The molecule has 0 spiro atoms.